The minimum Gasteiger partial charge on any atom is -0.367 e. The van der Waals surface area contributed by atoms with Crippen LogP contribution in [-0.4, -0.2) is 42.6 Å². The largest absolute Gasteiger partial charge is 0.367 e. The maximum absolute atomic E-state index is 12.3. The lowest BCUT2D eigenvalue weighted by atomic mass is 10.2. The smallest absolute Gasteiger partial charge is 0.270 e. The van der Waals surface area contributed by atoms with Crippen LogP contribution in [0.2, 0.25) is 0 Å². The highest BCUT2D eigenvalue weighted by Gasteiger charge is 2.25. The number of nitrogens with zero attached hydrogens (tertiary/aromatic N) is 2. The van der Waals surface area contributed by atoms with Gasteiger partial charge in [-0.15, -0.1) is 0 Å². The number of hydrogen-bond donors (Lipinski definition) is 2. The molecule has 0 saturated carbocycles. The third-order valence-electron chi connectivity index (χ3n) is 4.02. The first-order valence-electron chi connectivity index (χ1n) is 8.07. The van der Waals surface area contributed by atoms with E-state index in [-0.39, 0.29) is 5.91 Å². The lowest BCUT2D eigenvalue weighted by molar-refractivity contribution is -0.130. The molecular weight excluding hydrogens is 320 g/mol. The van der Waals surface area contributed by atoms with E-state index in [0.29, 0.717) is 31.9 Å². The predicted molar refractivity (Wildman–Crippen MR) is 93.0 cm³/mol. The minimum atomic E-state index is -0.641. The summed E-state index contributed by atoms with van der Waals surface area (Å²) in [6, 6.07) is 13.2. The molecule has 3 N–H and O–H groups in total. The Kier molecular flexibility index (Phi) is 5.25. The van der Waals surface area contributed by atoms with E-state index in [2.05, 4.69) is 10.3 Å². The summed E-state index contributed by atoms with van der Waals surface area (Å²) in [5, 5.41) is 2.85. The molecule has 0 bridgehead atoms. The molecule has 7 heteroatoms. The third-order valence-corrected chi connectivity index (χ3v) is 4.02. The van der Waals surface area contributed by atoms with Gasteiger partial charge in [0.2, 0.25) is 5.91 Å². The van der Waals surface area contributed by atoms with Crippen LogP contribution in [-0.2, 0) is 16.1 Å². The van der Waals surface area contributed by atoms with Gasteiger partial charge < -0.3 is 20.7 Å². The highest BCUT2D eigenvalue weighted by atomic mass is 16.5. The van der Waals surface area contributed by atoms with Crippen molar-refractivity contribution in [3.05, 3.63) is 59.9 Å². The fourth-order valence-corrected chi connectivity index (χ4v) is 2.66. The Bertz CT molecular complexity index is 751. The first-order chi connectivity index (χ1) is 12.1. The van der Waals surface area contributed by atoms with Crippen molar-refractivity contribution in [1.82, 2.24) is 10.3 Å². The van der Waals surface area contributed by atoms with Gasteiger partial charge in [-0.2, -0.15) is 0 Å². The predicted octanol–water partition coefficient (Wildman–Crippen LogP) is 0.702. The van der Waals surface area contributed by atoms with Crippen LogP contribution in [0, 0.1) is 0 Å². The zero-order valence-corrected chi connectivity index (χ0v) is 13.7. The molecule has 0 unspecified atom stereocenters. The first kappa shape index (κ1) is 16.9. The SMILES string of the molecule is NC(=O)[C@H]1CN(c2ccnc(C(=O)NCc3ccccc3)c2)CCO1. The number of pyridine rings is 1. The lowest BCUT2D eigenvalue weighted by Crippen LogP contribution is -2.48. The van der Waals surface area contributed by atoms with E-state index in [9.17, 15) is 9.59 Å². The maximum atomic E-state index is 12.3. The molecule has 3 rings (SSSR count). The monoisotopic (exact) mass is 340 g/mol. The summed E-state index contributed by atoms with van der Waals surface area (Å²) in [4.78, 5) is 29.8. The van der Waals surface area contributed by atoms with E-state index in [1.54, 1.807) is 18.3 Å². The van der Waals surface area contributed by atoms with Gasteiger partial charge in [0.05, 0.1) is 13.2 Å². The normalized spacial score (nSPS) is 17.1. The second kappa shape index (κ2) is 7.76. The Morgan fingerprint density at radius 3 is 2.84 bits per heavy atom. The average Bonchev–Trinajstić information content (AvgIpc) is 2.67. The number of aromatic nitrogens is 1. The molecule has 2 heterocycles. The molecule has 0 aliphatic carbocycles. The van der Waals surface area contributed by atoms with Crippen molar-refractivity contribution >= 4 is 17.5 Å². The second-order valence-corrected chi connectivity index (χ2v) is 5.78. The van der Waals surface area contributed by atoms with Crippen LogP contribution in [0.4, 0.5) is 5.69 Å². The van der Waals surface area contributed by atoms with Crippen molar-refractivity contribution in [2.75, 3.05) is 24.6 Å². The molecule has 1 saturated heterocycles. The summed E-state index contributed by atoms with van der Waals surface area (Å²) < 4.78 is 5.35. The molecule has 25 heavy (non-hydrogen) atoms. The fourth-order valence-electron chi connectivity index (χ4n) is 2.66. The molecule has 1 aromatic carbocycles. The van der Waals surface area contributed by atoms with Crippen LogP contribution in [0.1, 0.15) is 16.1 Å². The average molecular weight is 340 g/mol. The Morgan fingerprint density at radius 1 is 1.28 bits per heavy atom. The molecule has 1 aromatic heterocycles. The standard InChI is InChI=1S/C18H20N4O3/c19-17(23)16-12-22(8-9-25-16)14-6-7-20-15(10-14)18(24)21-11-13-4-2-1-3-5-13/h1-7,10,16H,8-9,11-12H2,(H2,19,23)(H,21,24)/t16-/m1/s1. The number of rotatable bonds is 5. The zero-order valence-electron chi connectivity index (χ0n) is 13.7. The molecule has 1 aliphatic heterocycles. The molecular formula is C18H20N4O3. The van der Waals surface area contributed by atoms with Gasteiger partial charge in [0.1, 0.15) is 5.69 Å². The van der Waals surface area contributed by atoms with Crippen LogP contribution >= 0.6 is 0 Å². The van der Waals surface area contributed by atoms with Gasteiger partial charge in [-0.05, 0) is 17.7 Å². The van der Waals surface area contributed by atoms with Crippen molar-refractivity contribution in [3.8, 4) is 0 Å². The van der Waals surface area contributed by atoms with Gasteiger partial charge >= 0.3 is 0 Å². The van der Waals surface area contributed by atoms with Crippen LogP contribution in [0.5, 0.6) is 0 Å². The van der Waals surface area contributed by atoms with E-state index in [0.717, 1.165) is 11.3 Å². The van der Waals surface area contributed by atoms with Crippen LogP contribution in [0.25, 0.3) is 0 Å². The molecule has 1 atom stereocenters. The highest BCUT2D eigenvalue weighted by Crippen LogP contribution is 2.18. The maximum Gasteiger partial charge on any atom is 0.270 e. The van der Waals surface area contributed by atoms with Crippen molar-refractivity contribution < 1.29 is 14.3 Å². The summed E-state index contributed by atoms with van der Waals surface area (Å²) in [7, 11) is 0. The molecule has 2 aromatic rings. The fraction of sp³-hybridized carbons (Fsp3) is 0.278. The number of morpholine rings is 1. The topological polar surface area (TPSA) is 97.6 Å². The van der Waals surface area contributed by atoms with E-state index >= 15 is 0 Å². The Hall–Kier alpha value is -2.93. The second-order valence-electron chi connectivity index (χ2n) is 5.78. The highest BCUT2D eigenvalue weighted by molar-refractivity contribution is 5.93. The molecule has 2 amide bonds. The van der Waals surface area contributed by atoms with Crippen LogP contribution < -0.4 is 16.0 Å². The lowest BCUT2D eigenvalue weighted by Gasteiger charge is -2.33. The summed E-state index contributed by atoms with van der Waals surface area (Å²) in [6.45, 7) is 1.83. The van der Waals surface area contributed by atoms with Crippen molar-refractivity contribution in [3.63, 3.8) is 0 Å². The number of nitrogens with one attached hydrogen (secondary N) is 1. The molecule has 0 radical (unpaired) electrons. The summed E-state index contributed by atoms with van der Waals surface area (Å²) in [5.41, 5.74) is 7.47. The molecule has 0 spiro atoms. The van der Waals surface area contributed by atoms with Crippen LogP contribution in [0.15, 0.2) is 48.7 Å². The van der Waals surface area contributed by atoms with Crippen LogP contribution in [0.3, 0.4) is 0 Å². The number of hydrogen-bond acceptors (Lipinski definition) is 5. The number of ether oxygens (including phenoxy) is 1. The number of nitrogens with two attached hydrogens (primary N) is 1. The first-order valence-corrected chi connectivity index (χ1v) is 8.07. The molecule has 7 nitrogen and oxygen atoms in total. The van der Waals surface area contributed by atoms with E-state index < -0.39 is 12.0 Å². The van der Waals surface area contributed by atoms with Gasteiger partial charge in [0.15, 0.2) is 6.10 Å². The van der Waals surface area contributed by atoms with Gasteiger partial charge in [-0.1, -0.05) is 30.3 Å². The van der Waals surface area contributed by atoms with Crippen molar-refractivity contribution in [2.45, 2.75) is 12.6 Å². The number of anilines is 1. The van der Waals surface area contributed by atoms with E-state index in [1.807, 2.05) is 35.2 Å². The number of carbonyl (C=O) groups is 2. The van der Waals surface area contributed by atoms with E-state index in [1.165, 1.54) is 0 Å². The van der Waals surface area contributed by atoms with E-state index in [4.69, 9.17) is 10.5 Å². The van der Waals surface area contributed by atoms with Gasteiger partial charge in [0.25, 0.3) is 5.91 Å². The summed E-state index contributed by atoms with van der Waals surface area (Å²) >= 11 is 0. The van der Waals surface area contributed by atoms with Gasteiger partial charge in [0, 0.05) is 25.0 Å². The number of primary amides is 1. The Balaban J connectivity index is 1.66. The Labute approximate surface area is 145 Å². The number of benzene rings is 1. The third kappa shape index (κ3) is 4.33. The molecule has 1 fully saturated rings. The Morgan fingerprint density at radius 2 is 2.08 bits per heavy atom. The van der Waals surface area contributed by atoms with Crippen molar-refractivity contribution in [2.24, 2.45) is 5.73 Å². The van der Waals surface area contributed by atoms with Crippen molar-refractivity contribution in [1.29, 1.82) is 0 Å². The summed E-state index contributed by atoms with van der Waals surface area (Å²) in [5.74, 6) is -0.731. The number of amides is 2. The summed E-state index contributed by atoms with van der Waals surface area (Å²) in [6.07, 6.45) is 0.943. The zero-order chi connectivity index (χ0) is 17.6. The quantitative estimate of drug-likeness (QED) is 0.835. The van der Waals surface area contributed by atoms with Gasteiger partial charge in [-0.25, -0.2) is 0 Å². The molecule has 1 aliphatic rings. The minimum absolute atomic E-state index is 0.245. The number of carbonyl (C=O) groups excluding carboxylic acids is 2. The van der Waals surface area contributed by atoms with Gasteiger partial charge in [-0.3, -0.25) is 14.6 Å². The molecule has 130 valence electrons.